The van der Waals surface area contributed by atoms with Crippen molar-refractivity contribution in [3.05, 3.63) is 71.8 Å². The van der Waals surface area contributed by atoms with Gasteiger partial charge in [0.1, 0.15) is 17.1 Å². The molecule has 3 heterocycles. The summed E-state index contributed by atoms with van der Waals surface area (Å²) >= 11 is 0. The molecule has 1 saturated carbocycles. The highest BCUT2D eigenvalue weighted by atomic mass is 16.5. The molecule has 186 valence electrons. The largest absolute Gasteiger partial charge is 0.494 e. The van der Waals surface area contributed by atoms with Gasteiger partial charge >= 0.3 is 0 Å². The third-order valence-corrected chi connectivity index (χ3v) is 8.04. The second-order valence-corrected chi connectivity index (χ2v) is 10.5. The summed E-state index contributed by atoms with van der Waals surface area (Å²) in [5.41, 5.74) is 7.92. The Morgan fingerprint density at radius 2 is 1.81 bits per heavy atom. The lowest BCUT2D eigenvalue weighted by Crippen LogP contribution is -2.30. The number of carbonyl (C=O) groups is 1. The van der Waals surface area contributed by atoms with E-state index in [0.29, 0.717) is 11.8 Å². The zero-order valence-electron chi connectivity index (χ0n) is 21.1. The maximum Gasteiger partial charge on any atom is 0.225 e. The number of ether oxygens (including phenoxy) is 1. The van der Waals surface area contributed by atoms with Crippen LogP contribution in [0.3, 0.4) is 0 Å². The van der Waals surface area contributed by atoms with E-state index in [4.69, 9.17) is 9.72 Å². The molecule has 1 aliphatic carbocycles. The molecule has 0 N–H and O–H groups in total. The number of fused-ring (bicyclic) bond motifs is 2. The standard InChI is InChI=1S/C31H30N4O2/c1-37-28-4-2-3-27-29(28)33-30(35(27)19-20-13-14-34(18-20)31(36)23-9-10-23)22-7-5-21(6-8-22)24-11-12-25-16-32-17-26(25)15-24/h2-8,11-12,15-16,20,23H,9-10,13-14,17-19H2,1H3. The number of nitrogens with zero attached hydrogens (tertiary/aromatic N) is 4. The highest BCUT2D eigenvalue weighted by molar-refractivity contribution is 5.87. The number of para-hydroxylation sites is 1. The molecule has 1 saturated heterocycles. The summed E-state index contributed by atoms with van der Waals surface area (Å²) < 4.78 is 7.99. The Bertz CT molecular complexity index is 1530. The number of aliphatic imine (C=N–C) groups is 1. The van der Waals surface area contributed by atoms with Gasteiger partial charge in [-0.3, -0.25) is 9.79 Å². The summed E-state index contributed by atoms with van der Waals surface area (Å²) in [7, 11) is 1.70. The van der Waals surface area contributed by atoms with Gasteiger partial charge in [0.2, 0.25) is 5.91 Å². The zero-order valence-corrected chi connectivity index (χ0v) is 21.1. The molecule has 0 radical (unpaired) electrons. The maximum absolute atomic E-state index is 12.6. The first-order valence-corrected chi connectivity index (χ1v) is 13.2. The van der Waals surface area contributed by atoms with Gasteiger partial charge in [-0.15, -0.1) is 0 Å². The molecule has 2 aliphatic heterocycles. The van der Waals surface area contributed by atoms with Gasteiger partial charge < -0.3 is 14.2 Å². The molecule has 37 heavy (non-hydrogen) atoms. The second kappa shape index (κ2) is 8.87. The Kier molecular flexibility index (Phi) is 5.34. The van der Waals surface area contributed by atoms with Crippen LogP contribution in [0.15, 0.2) is 65.7 Å². The number of aromatic nitrogens is 2. The van der Waals surface area contributed by atoms with Crippen molar-refractivity contribution in [1.29, 1.82) is 0 Å². The predicted octanol–water partition coefficient (Wildman–Crippen LogP) is 5.57. The minimum atomic E-state index is 0.282. The van der Waals surface area contributed by atoms with Crippen molar-refractivity contribution < 1.29 is 9.53 Å². The highest BCUT2D eigenvalue weighted by Crippen LogP contribution is 2.36. The fourth-order valence-corrected chi connectivity index (χ4v) is 5.82. The van der Waals surface area contributed by atoms with Crippen LogP contribution in [-0.4, -0.2) is 46.8 Å². The summed E-state index contributed by atoms with van der Waals surface area (Å²) in [6.45, 7) is 3.29. The van der Waals surface area contributed by atoms with E-state index in [2.05, 4.69) is 63.0 Å². The van der Waals surface area contributed by atoms with Gasteiger partial charge in [-0.2, -0.15) is 0 Å². The van der Waals surface area contributed by atoms with Crippen LogP contribution in [0, 0.1) is 11.8 Å². The van der Waals surface area contributed by atoms with E-state index in [1.807, 2.05) is 18.3 Å². The molecule has 1 atom stereocenters. The first-order chi connectivity index (χ1) is 18.2. The normalized spacial score (nSPS) is 18.5. The fourth-order valence-electron chi connectivity index (χ4n) is 5.82. The van der Waals surface area contributed by atoms with Crippen LogP contribution in [0.2, 0.25) is 0 Å². The Labute approximate surface area is 216 Å². The number of imidazole rings is 1. The lowest BCUT2D eigenvalue weighted by molar-refractivity contribution is -0.131. The Balaban J connectivity index is 1.22. The van der Waals surface area contributed by atoms with E-state index in [0.717, 1.165) is 73.6 Å². The molecule has 1 aromatic heterocycles. The first kappa shape index (κ1) is 22.3. The number of hydrogen-bond donors (Lipinski definition) is 0. The van der Waals surface area contributed by atoms with Gasteiger partial charge in [-0.25, -0.2) is 4.98 Å². The summed E-state index contributed by atoms with van der Waals surface area (Å²) in [5.74, 6) is 2.78. The lowest BCUT2D eigenvalue weighted by Gasteiger charge is -2.18. The number of likely N-dealkylation sites (tertiary alicyclic amines) is 1. The fraction of sp³-hybridized carbons (Fsp3) is 0.323. The molecule has 2 fully saturated rings. The quantitative estimate of drug-likeness (QED) is 0.355. The summed E-state index contributed by atoms with van der Waals surface area (Å²) in [4.78, 5) is 24.2. The SMILES string of the molecule is COc1cccc2c1nc(-c1ccc(-c3ccc4c(c3)CN=C4)cc1)n2CC1CCN(C(=O)C2CC2)C1. The van der Waals surface area contributed by atoms with Crippen LogP contribution in [0.5, 0.6) is 5.75 Å². The van der Waals surface area contributed by atoms with Gasteiger partial charge in [-0.05, 0) is 65.6 Å². The average Bonchev–Trinajstić information content (AvgIpc) is 3.32. The minimum absolute atomic E-state index is 0.282. The number of carbonyl (C=O) groups excluding carboxylic acids is 1. The molecule has 3 aromatic carbocycles. The second-order valence-electron chi connectivity index (χ2n) is 10.5. The van der Waals surface area contributed by atoms with Crippen LogP contribution in [0.4, 0.5) is 0 Å². The predicted molar refractivity (Wildman–Crippen MR) is 146 cm³/mol. The third-order valence-electron chi connectivity index (χ3n) is 8.04. The van der Waals surface area contributed by atoms with Crippen molar-refractivity contribution >= 4 is 23.2 Å². The maximum atomic E-state index is 12.6. The monoisotopic (exact) mass is 490 g/mol. The van der Waals surface area contributed by atoms with Crippen LogP contribution in [-0.2, 0) is 17.9 Å². The molecular weight excluding hydrogens is 460 g/mol. The van der Waals surface area contributed by atoms with Crippen LogP contribution in [0.1, 0.15) is 30.4 Å². The first-order valence-electron chi connectivity index (χ1n) is 13.2. The Morgan fingerprint density at radius 3 is 2.62 bits per heavy atom. The van der Waals surface area contributed by atoms with Crippen molar-refractivity contribution in [2.24, 2.45) is 16.8 Å². The van der Waals surface area contributed by atoms with E-state index < -0.39 is 0 Å². The molecule has 6 nitrogen and oxygen atoms in total. The lowest BCUT2D eigenvalue weighted by atomic mass is 9.99. The third kappa shape index (κ3) is 4.01. The van der Waals surface area contributed by atoms with Crippen molar-refractivity contribution in [2.75, 3.05) is 20.2 Å². The topological polar surface area (TPSA) is 59.7 Å². The molecule has 1 unspecified atom stereocenters. The van der Waals surface area contributed by atoms with E-state index in [1.54, 1.807) is 7.11 Å². The molecule has 7 rings (SSSR count). The molecule has 6 heteroatoms. The molecule has 1 amide bonds. The van der Waals surface area contributed by atoms with E-state index >= 15 is 0 Å². The summed E-state index contributed by atoms with van der Waals surface area (Å²) in [5, 5.41) is 0. The van der Waals surface area contributed by atoms with Crippen LogP contribution in [0.25, 0.3) is 33.5 Å². The van der Waals surface area contributed by atoms with Crippen LogP contribution < -0.4 is 4.74 Å². The van der Waals surface area contributed by atoms with E-state index in [-0.39, 0.29) is 5.92 Å². The van der Waals surface area contributed by atoms with Gasteiger partial charge in [0.15, 0.2) is 0 Å². The number of rotatable bonds is 6. The number of methoxy groups -OCH3 is 1. The van der Waals surface area contributed by atoms with Crippen molar-refractivity contribution in [3.8, 4) is 28.3 Å². The van der Waals surface area contributed by atoms with E-state index in [1.165, 1.54) is 22.3 Å². The number of benzene rings is 3. The molecule has 0 bridgehead atoms. The van der Waals surface area contributed by atoms with Gasteiger partial charge in [0.25, 0.3) is 0 Å². The minimum Gasteiger partial charge on any atom is -0.494 e. The van der Waals surface area contributed by atoms with Gasteiger partial charge in [0.05, 0.1) is 19.2 Å². The number of hydrogen-bond acceptors (Lipinski definition) is 4. The molecular formula is C31H30N4O2. The smallest absolute Gasteiger partial charge is 0.225 e. The summed E-state index contributed by atoms with van der Waals surface area (Å²) in [6, 6.07) is 21.4. The average molecular weight is 491 g/mol. The van der Waals surface area contributed by atoms with E-state index in [9.17, 15) is 4.79 Å². The van der Waals surface area contributed by atoms with Gasteiger partial charge in [-0.1, -0.05) is 42.5 Å². The molecule has 0 spiro atoms. The van der Waals surface area contributed by atoms with Gasteiger partial charge in [0, 0.05) is 37.3 Å². The highest BCUT2D eigenvalue weighted by Gasteiger charge is 2.37. The molecule has 3 aliphatic rings. The van der Waals surface area contributed by atoms with Crippen LogP contribution >= 0.6 is 0 Å². The van der Waals surface area contributed by atoms with Crippen molar-refractivity contribution in [1.82, 2.24) is 14.5 Å². The molecule has 4 aromatic rings. The Morgan fingerprint density at radius 1 is 1.00 bits per heavy atom. The number of amides is 1. The summed E-state index contributed by atoms with van der Waals surface area (Å²) in [6.07, 6.45) is 5.10. The Hall–Kier alpha value is -3.93. The van der Waals surface area contributed by atoms with Crippen molar-refractivity contribution in [2.45, 2.75) is 32.4 Å². The zero-order chi connectivity index (χ0) is 24.9. The van der Waals surface area contributed by atoms with Crippen molar-refractivity contribution in [3.63, 3.8) is 0 Å².